The van der Waals surface area contributed by atoms with Crippen LogP contribution < -0.4 is 20.9 Å². The van der Waals surface area contributed by atoms with Crippen LogP contribution in [0.4, 0.5) is 21.0 Å². The average Bonchev–Trinajstić information content (AvgIpc) is 3.29. The van der Waals surface area contributed by atoms with Crippen LogP contribution in [0.15, 0.2) is 84.9 Å². The highest BCUT2D eigenvalue weighted by Crippen LogP contribution is 2.21. The van der Waals surface area contributed by atoms with Crippen LogP contribution in [-0.4, -0.2) is 37.2 Å². The SMILES string of the molecule is O=C(N[C@@H](Cc1ccccc1)C(=O)Nc1cccc(N2CCNC2=O)c1)OCc1ccccc1. The monoisotopic (exact) mass is 458 g/mol. The maximum atomic E-state index is 13.1. The van der Waals surface area contributed by atoms with Gasteiger partial charge in [-0.25, -0.2) is 9.59 Å². The van der Waals surface area contributed by atoms with Gasteiger partial charge >= 0.3 is 12.1 Å². The van der Waals surface area contributed by atoms with E-state index in [9.17, 15) is 14.4 Å². The summed E-state index contributed by atoms with van der Waals surface area (Å²) < 4.78 is 5.31. The van der Waals surface area contributed by atoms with Crippen molar-refractivity contribution in [3.63, 3.8) is 0 Å². The van der Waals surface area contributed by atoms with Crippen LogP contribution >= 0.6 is 0 Å². The van der Waals surface area contributed by atoms with Crippen molar-refractivity contribution in [2.45, 2.75) is 19.1 Å². The van der Waals surface area contributed by atoms with Crippen LogP contribution in [0.1, 0.15) is 11.1 Å². The Hall–Kier alpha value is -4.33. The van der Waals surface area contributed by atoms with Gasteiger partial charge in [0.15, 0.2) is 0 Å². The highest BCUT2D eigenvalue weighted by Gasteiger charge is 2.24. The van der Waals surface area contributed by atoms with Crippen LogP contribution in [0.3, 0.4) is 0 Å². The van der Waals surface area contributed by atoms with Gasteiger partial charge in [-0.1, -0.05) is 66.7 Å². The topological polar surface area (TPSA) is 99.8 Å². The van der Waals surface area contributed by atoms with Gasteiger partial charge in [0.2, 0.25) is 5.91 Å². The molecule has 0 radical (unpaired) electrons. The predicted molar refractivity (Wildman–Crippen MR) is 130 cm³/mol. The number of alkyl carbamates (subject to hydrolysis) is 1. The first-order chi connectivity index (χ1) is 16.6. The van der Waals surface area contributed by atoms with Crippen LogP contribution in [0.25, 0.3) is 0 Å². The summed E-state index contributed by atoms with van der Waals surface area (Å²) in [6, 6.07) is 24.8. The lowest BCUT2D eigenvalue weighted by atomic mass is 10.1. The molecule has 0 saturated carbocycles. The Morgan fingerprint density at radius 2 is 1.65 bits per heavy atom. The molecule has 1 saturated heterocycles. The molecule has 1 heterocycles. The Kier molecular flexibility index (Phi) is 7.39. The summed E-state index contributed by atoms with van der Waals surface area (Å²) in [6.45, 7) is 1.23. The predicted octanol–water partition coefficient (Wildman–Crippen LogP) is 3.69. The molecule has 174 valence electrons. The largest absolute Gasteiger partial charge is 0.445 e. The summed E-state index contributed by atoms with van der Waals surface area (Å²) in [5.74, 6) is -0.386. The van der Waals surface area contributed by atoms with Crippen LogP contribution in [0.2, 0.25) is 0 Å². The number of benzene rings is 3. The number of ether oxygens (including phenoxy) is 1. The van der Waals surface area contributed by atoms with Crippen molar-refractivity contribution in [1.29, 1.82) is 0 Å². The number of amides is 4. The third kappa shape index (κ3) is 6.13. The van der Waals surface area contributed by atoms with E-state index in [1.165, 1.54) is 0 Å². The van der Waals surface area contributed by atoms with E-state index in [1.807, 2.05) is 60.7 Å². The van der Waals surface area contributed by atoms with E-state index >= 15 is 0 Å². The Morgan fingerprint density at radius 1 is 0.941 bits per heavy atom. The van der Waals surface area contributed by atoms with Gasteiger partial charge in [-0.05, 0) is 29.3 Å². The lowest BCUT2D eigenvalue weighted by Crippen LogP contribution is -2.45. The van der Waals surface area contributed by atoms with Crippen LogP contribution in [-0.2, 0) is 22.6 Å². The summed E-state index contributed by atoms with van der Waals surface area (Å²) in [7, 11) is 0. The second-order valence-corrected chi connectivity index (χ2v) is 7.87. The van der Waals surface area contributed by atoms with Crippen molar-refractivity contribution in [2.75, 3.05) is 23.3 Å². The number of hydrogen-bond acceptors (Lipinski definition) is 4. The second kappa shape index (κ2) is 11.0. The van der Waals surface area contributed by atoms with Gasteiger partial charge in [-0.15, -0.1) is 0 Å². The smallest absolute Gasteiger partial charge is 0.408 e. The zero-order valence-electron chi connectivity index (χ0n) is 18.6. The molecule has 1 aliphatic rings. The number of nitrogens with one attached hydrogen (secondary N) is 3. The van der Waals surface area contributed by atoms with Crippen molar-refractivity contribution in [3.05, 3.63) is 96.1 Å². The van der Waals surface area contributed by atoms with Gasteiger partial charge in [-0.2, -0.15) is 0 Å². The van der Waals surface area contributed by atoms with Crippen molar-refractivity contribution < 1.29 is 19.1 Å². The molecule has 0 spiro atoms. The minimum Gasteiger partial charge on any atom is -0.445 e. The standard InChI is InChI=1S/C26H26N4O4/c31-24(28-21-12-7-13-22(17-21)30-15-14-27-25(30)32)23(16-19-8-3-1-4-9-19)29-26(33)34-18-20-10-5-2-6-11-20/h1-13,17,23H,14-16,18H2,(H,27,32)(H,28,31)(H,29,33)/t23-/m0/s1. The van der Waals surface area contributed by atoms with E-state index in [0.717, 1.165) is 11.1 Å². The molecule has 1 aliphatic heterocycles. The van der Waals surface area contributed by atoms with Crippen molar-refractivity contribution in [3.8, 4) is 0 Å². The van der Waals surface area contributed by atoms with E-state index in [0.29, 0.717) is 30.9 Å². The Labute approximate surface area is 197 Å². The molecule has 3 aromatic rings. The molecule has 1 fully saturated rings. The molecule has 0 aromatic heterocycles. The Bertz CT molecular complexity index is 1140. The molecule has 8 heteroatoms. The fourth-order valence-electron chi connectivity index (χ4n) is 3.67. The maximum absolute atomic E-state index is 13.1. The summed E-state index contributed by atoms with van der Waals surface area (Å²) in [6.07, 6.45) is -0.385. The lowest BCUT2D eigenvalue weighted by molar-refractivity contribution is -0.118. The Balaban J connectivity index is 1.44. The van der Waals surface area contributed by atoms with Crippen LogP contribution in [0, 0.1) is 0 Å². The van der Waals surface area contributed by atoms with Gasteiger partial charge < -0.3 is 20.7 Å². The van der Waals surface area contributed by atoms with Crippen molar-refractivity contribution >= 4 is 29.4 Å². The van der Waals surface area contributed by atoms with E-state index in [4.69, 9.17) is 4.74 Å². The van der Waals surface area contributed by atoms with Gasteiger partial charge in [0.05, 0.1) is 0 Å². The summed E-state index contributed by atoms with van der Waals surface area (Å²) >= 11 is 0. The number of nitrogens with zero attached hydrogens (tertiary/aromatic N) is 1. The van der Waals surface area contributed by atoms with E-state index in [1.54, 1.807) is 29.2 Å². The van der Waals surface area contributed by atoms with Crippen LogP contribution in [0.5, 0.6) is 0 Å². The zero-order chi connectivity index (χ0) is 23.8. The quantitative estimate of drug-likeness (QED) is 0.479. The van der Waals surface area contributed by atoms with Gasteiger partial charge in [0.25, 0.3) is 0 Å². The molecule has 4 amide bonds. The number of carbonyl (C=O) groups is 3. The summed E-state index contributed by atoms with van der Waals surface area (Å²) in [5, 5.41) is 8.29. The molecule has 0 bridgehead atoms. The van der Waals surface area contributed by atoms with Crippen molar-refractivity contribution in [1.82, 2.24) is 10.6 Å². The number of carbonyl (C=O) groups excluding carboxylic acids is 3. The van der Waals surface area contributed by atoms with Gasteiger partial charge in [-0.3, -0.25) is 9.69 Å². The third-order valence-electron chi connectivity index (χ3n) is 5.39. The molecule has 0 unspecified atom stereocenters. The fourth-order valence-corrected chi connectivity index (χ4v) is 3.67. The molecule has 3 N–H and O–H groups in total. The first-order valence-electron chi connectivity index (χ1n) is 11.1. The molecular formula is C26H26N4O4. The fraction of sp³-hybridized carbons (Fsp3) is 0.192. The van der Waals surface area contributed by atoms with Crippen molar-refractivity contribution in [2.24, 2.45) is 0 Å². The van der Waals surface area contributed by atoms with Gasteiger partial charge in [0.1, 0.15) is 12.6 Å². The summed E-state index contributed by atoms with van der Waals surface area (Å²) in [4.78, 5) is 39.2. The maximum Gasteiger partial charge on any atom is 0.408 e. The highest BCUT2D eigenvalue weighted by atomic mass is 16.5. The summed E-state index contributed by atoms with van der Waals surface area (Å²) in [5.41, 5.74) is 2.96. The van der Waals surface area contributed by atoms with Gasteiger partial charge in [0, 0.05) is 30.9 Å². The molecule has 3 aromatic carbocycles. The first-order valence-corrected chi connectivity index (χ1v) is 11.1. The Morgan fingerprint density at radius 3 is 2.32 bits per heavy atom. The number of rotatable bonds is 8. The highest BCUT2D eigenvalue weighted by molar-refractivity contribution is 5.98. The average molecular weight is 459 g/mol. The molecular weight excluding hydrogens is 432 g/mol. The molecule has 1 atom stereocenters. The number of hydrogen-bond donors (Lipinski definition) is 3. The molecule has 0 aliphatic carbocycles. The van der Waals surface area contributed by atoms with E-state index in [-0.39, 0.29) is 18.5 Å². The third-order valence-corrected chi connectivity index (χ3v) is 5.39. The molecule has 4 rings (SSSR count). The van der Waals surface area contributed by atoms with E-state index in [2.05, 4.69) is 16.0 Å². The minimum absolute atomic E-state index is 0.103. The number of anilines is 2. The minimum atomic E-state index is -0.857. The normalized spacial score (nSPS) is 13.6. The first kappa shape index (κ1) is 22.8. The second-order valence-electron chi connectivity index (χ2n) is 7.87. The number of urea groups is 1. The lowest BCUT2D eigenvalue weighted by Gasteiger charge is -2.20. The molecule has 34 heavy (non-hydrogen) atoms. The zero-order valence-corrected chi connectivity index (χ0v) is 18.6. The molecule has 8 nitrogen and oxygen atoms in total. The van der Waals surface area contributed by atoms with E-state index < -0.39 is 12.1 Å².